The average molecular weight is 318 g/mol. The maximum atomic E-state index is 12.4. The second-order valence-corrected chi connectivity index (χ2v) is 5.37. The number of fused-ring (bicyclic) bond motifs is 1. The molecule has 0 unspecified atom stereocenters. The van der Waals surface area contributed by atoms with E-state index in [1.807, 2.05) is 60.7 Å². The number of benzene rings is 3. The highest BCUT2D eigenvalue weighted by molar-refractivity contribution is 6.08. The molecule has 0 aliphatic carbocycles. The topological polar surface area (TPSA) is 35.5 Å². The highest BCUT2D eigenvalue weighted by atomic mass is 16.5. The lowest BCUT2D eigenvalue weighted by Crippen LogP contribution is -1.94. The van der Waals surface area contributed by atoms with Crippen molar-refractivity contribution in [2.24, 2.45) is 0 Å². The third-order valence-corrected chi connectivity index (χ3v) is 3.89. The normalized spacial score (nSPS) is 10.9. The molecule has 0 radical (unpaired) electrons. The number of methoxy groups -OCH3 is 2. The molecular formula is C21H18O3. The molecule has 0 N–H and O–H groups in total. The van der Waals surface area contributed by atoms with E-state index >= 15 is 0 Å². The van der Waals surface area contributed by atoms with E-state index in [0.717, 1.165) is 27.8 Å². The molecule has 0 saturated heterocycles. The van der Waals surface area contributed by atoms with Crippen LogP contribution in [0.2, 0.25) is 0 Å². The number of ketones is 1. The van der Waals surface area contributed by atoms with E-state index in [2.05, 4.69) is 0 Å². The van der Waals surface area contributed by atoms with Gasteiger partial charge in [0.1, 0.15) is 11.5 Å². The molecule has 3 nitrogen and oxygen atoms in total. The van der Waals surface area contributed by atoms with Crippen molar-refractivity contribution in [3.63, 3.8) is 0 Å². The molecule has 0 aliphatic heterocycles. The fraction of sp³-hybridized carbons (Fsp3) is 0.0952. The van der Waals surface area contributed by atoms with Crippen LogP contribution in [0.25, 0.3) is 16.8 Å². The van der Waals surface area contributed by atoms with Crippen LogP contribution in [-0.2, 0) is 0 Å². The predicted octanol–water partition coefficient (Wildman–Crippen LogP) is 4.75. The summed E-state index contributed by atoms with van der Waals surface area (Å²) in [5.74, 6) is 1.50. The minimum atomic E-state index is -0.0429. The Morgan fingerprint density at radius 2 is 1.62 bits per heavy atom. The Hall–Kier alpha value is -3.07. The molecule has 0 fully saturated rings. The standard InChI is InChI=1S/C21H18O3/c1-23-19-11-9-16-13-18(8-7-17(16)14-19)20(22)12-10-15-5-3-4-6-21(15)24-2/h3-14H,1-2H3. The lowest BCUT2D eigenvalue weighted by Gasteiger charge is -2.05. The fourth-order valence-electron chi connectivity index (χ4n) is 2.57. The van der Waals surface area contributed by atoms with E-state index in [1.165, 1.54) is 0 Å². The van der Waals surface area contributed by atoms with Crippen molar-refractivity contribution in [3.05, 3.63) is 77.9 Å². The molecule has 3 rings (SSSR count). The van der Waals surface area contributed by atoms with Gasteiger partial charge in [-0.1, -0.05) is 36.4 Å². The first kappa shape index (κ1) is 15.8. The number of para-hydroxylation sites is 1. The number of rotatable bonds is 5. The molecule has 3 aromatic carbocycles. The Morgan fingerprint density at radius 3 is 2.42 bits per heavy atom. The van der Waals surface area contributed by atoms with Gasteiger partial charge in [0, 0.05) is 11.1 Å². The summed E-state index contributed by atoms with van der Waals surface area (Å²) < 4.78 is 10.5. The molecule has 0 heterocycles. The van der Waals surface area contributed by atoms with Gasteiger partial charge in [-0.2, -0.15) is 0 Å². The number of allylic oxidation sites excluding steroid dienone is 1. The zero-order valence-electron chi connectivity index (χ0n) is 13.7. The first-order chi connectivity index (χ1) is 11.7. The second kappa shape index (κ2) is 7.01. The van der Waals surface area contributed by atoms with Gasteiger partial charge < -0.3 is 9.47 Å². The maximum Gasteiger partial charge on any atom is 0.185 e. The van der Waals surface area contributed by atoms with Crippen LogP contribution >= 0.6 is 0 Å². The quantitative estimate of drug-likeness (QED) is 0.503. The van der Waals surface area contributed by atoms with Crippen molar-refractivity contribution >= 4 is 22.6 Å². The monoisotopic (exact) mass is 318 g/mol. The van der Waals surface area contributed by atoms with Crippen LogP contribution in [0.1, 0.15) is 15.9 Å². The van der Waals surface area contributed by atoms with Crippen molar-refractivity contribution in [1.82, 2.24) is 0 Å². The summed E-state index contributed by atoms with van der Waals surface area (Å²) in [7, 11) is 3.26. The number of hydrogen-bond donors (Lipinski definition) is 0. The van der Waals surface area contributed by atoms with Gasteiger partial charge in [0.25, 0.3) is 0 Å². The third-order valence-electron chi connectivity index (χ3n) is 3.89. The summed E-state index contributed by atoms with van der Waals surface area (Å²) >= 11 is 0. The third kappa shape index (κ3) is 3.30. The second-order valence-electron chi connectivity index (χ2n) is 5.37. The Kier molecular flexibility index (Phi) is 4.62. The number of carbonyl (C=O) groups is 1. The molecular weight excluding hydrogens is 300 g/mol. The van der Waals surface area contributed by atoms with Crippen molar-refractivity contribution in [2.75, 3.05) is 14.2 Å². The van der Waals surface area contributed by atoms with Crippen LogP contribution < -0.4 is 9.47 Å². The van der Waals surface area contributed by atoms with Crippen molar-refractivity contribution in [2.45, 2.75) is 0 Å². The van der Waals surface area contributed by atoms with Gasteiger partial charge in [0.15, 0.2) is 5.78 Å². The van der Waals surface area contributed by atoms with Crippen molar-refractivity contribution < 1.29 is 14.3 Å². The largest absolute Gasteiger partial charge is 0.497 e. The van der Waals surface area contributed by atoms with E-state index in [-0.39, 0.29) is 5.78 Å². The zero-order chi connectivity index (χ0) is 16.9. The van der Waals surface area contributed by atoms with E-state index in [9.17, 15) is 4.79 Å². The fourth-order valence-corrected chi connectivity index (χ4v) is 2.57. The van der Waals surface area contributed by atoms with Gasteiger partial charge in [0.05, 0.1) is 14.2 Å². The molecule has 0 aromatic heterocycles. The van der Waals surface area contributed by atoms with Crippen LogP contribution in [0, 0.1) is 0 Å². The highest BCUT2D eigenvalue weighted by Crippen LogP contribution is 2.23. The molecule has 3 heteroatoms. The molecule has 120 valence electrons. The average Bonchev–Trinajstić information content (AvgIpc) is 2.65. The maximum absolute atomic E-state index is 12.4. The Bertz CT molecular complexity index is 910. The summed E-state index contributed by atoms with van der Waals surface area (Å²) in [6.45, 7) is 0. The first-order valence-corrected chi connectivity index (χ1v) is 7.64. The van der Waals surface area contributed by atoms with Crippen LogP contribution in [0.15, 0.2) is 66.7 Å². The first-order valence-electron chi connectivity index (χ1n) is 7.64. The summed E-state index contributed by atoms with van der Waals surface area (Å²) in [6.07, 6.45) is 3.35. The van der Waals surface area contributed by atoms with Gasteiger partial charge in [-0.15, -0.1) is 0 Å². The Balaban J connectivity index is 1.87. The minimum absolute atomic E-state index is 0.0429. The highest BCUT2D eigenvalue weighted by Gasteiger charge is 2.05. The summed E-state index contributed by atoms with van der Waals surface area (Å²) in [4.78, 5) is 12.4. The molecule has 24 heavy (non-hydrogen) atoms. The summed E-state index contributed by atoms with van der Waals surface area (Å²) in [5.41, 5.74) is 1.53. The number of ether oxygens (including phenoxy) is 2. The van der Waals surface area contributed by atoms with Crippen LogP contribution in [0.5, 0.6) is 11.5 Å². The molecule has 0 amide bonds. The van der Waals surface area contributed by atoms with Crippen molar-refractivity contribution in [1.29, 1.82) is 0 Å². The van der Waals surface area contributed by atoms with Crippen LogP contribution in [0.4, 0.5) is 0 Å². The number of hydrogen-bond acceptors (Lipinski definition) is 3. The van der Waals surface area contributed by atoms with Crippen molar-refractivity contribution in [3.8, 4) is 11.5 Å². The Morgan fingerprint density at radius 1 is 0.875 bits per heavy atom. The molecule has 0 bridgehead atoms. The lowest BCUT2D eigenvalue weighted by molar-refractivity contribution is 0.104. The van der Waals surface area contributed by atoms with Gasteiger partial charge in [-0.25, -0.2) is 0 Å². The molecule has 0 aliphatic rings. The summed E-state index contributed by atoms with van der Waals surface area (Å²) in [6, 6.07) is 19.0. The van der Waals surface area contributed by atoms with E-state index in [0.29, 0.717) is 5.56 Å². The summed E-state index contributed by atoms with van der Waals surface area (Å²) in [5, 5.41) is 2.05. The Labute approximate surface area is 141 Å². The van der Waals surface area contributed by atoms with E-state index in [1.54, 1.807) is 26.4 Å². The molecule has 3 aromatic rings. The van der Waals surface area contributed by atoms with E-state index < -0.39 is 0 Å². The lowest BCUT2D eigenvalue weighted by atomic mass is 10.0. The van der Waals surface area contributed by atoms with Gasteiger partial charge in [-0.3, -0.25) is 4.79 Å². The van der Waals surface area contributed by atoms with E-state index in [4.69, 9.17) is 9.47 Å². The van der Waals surface area contributed by atoms with Gasteiger partial charge in [0.2, 0.25) is 0 Å². The zero-order valence-corrected chi connectivity index (χ0v) is 13.7. The SMILES string of the molecule is COc1ccc2cc(C(=O)C=Cc3ccccc3OC)ccc2c1. The van der Waals surface area contributed by atoms with Crippen LogP contribution in [0.3, 0.4) is 0 Å². The number of carbonyl (C=O) groups excluding carboxylic acids is 1. The molecule has 0 atom stereocenters. The molecule has 0 saturated carbocycles. The van der Waals surface area contributed by atoms with Gasteiger partial charge in [-0.05, 0) is 47.2 Å². The van der Waals surface area contributed by atoms with Crippen LogP contribution in [-0.4, -0.2) is 20.0 Å². The predicted molar refractivity (Wildman–Crippen MR) is 96.9 cm³/mol. The minimum Gasteiger partial charge on any atom is -0.497 e. The van der Waals surface area contributed by atoms with Gasteiger partial charge >= 0.3 is 0 Å². The molecule has 0 spiro atoms. The smallest absolute Gasteiger partial charge is 0.185 e.